The smallest absolute Gasteiger partial charge is 0.271 e. The van der Waals surface area contributed by atoms with Crippen molar-refractivity contribution < 1.29 is 9.72 Å². The Hall–Kier alpha value is -3.22. The molecule has 1 aliphatic heterocycles. The molecular weight excluding hydrogens is 356 g/mol. The molecule has 0 radical (unpaired) electrons. The van der Waals surface area contributed by atoms with Gasteiger partial charge in [0.1, 0.15) is 0 Å². The number of amides is 1. The van der Waals surface area contributed by atoms with Gasteiger partial charge in [-0.2, -0.15) is 0 Å². The molecule has 2 unspecified atom stereocenters. The van der Waals surface area contributed by atoms with Gasteiger partial charge in [0, 0.05) is 55.9 Å². The lowest BCUT2D eigenvalue weighted by Crippen LogP contribution is -2.26. The fourth-order valence-electron chi connectivity index (χ4n) is 4.16. The Labute approximate surface area is 163 Å². The first-order valence-electron chi connectivity index (χ1n) is 9.47. The molecule has 1 aromatic carbocycles. The van der Waals surface area contributed by atoms with Gasteiger partial charge < -0.3 is 10.2 Å². The van der Waals surface area contributed by atoms with Crippen molar-refractivity contribution in [3.8, 4) is 0 Å². The predicted molar refractivity (Wildman–Crippen MR) is 107 cm³/mol. The van der Waals surface area contributed by atoms with Crippen LogP contribution < -0.4 is 10.2 Å². The molecule has 1 saturated heterocycles. The monoisotopic (exact) mass is 378 g/mol. The molecule has 0 bridgehead atoms. The Balaban J connectivity index is 1.20. The highest BCUT2D eigenvalue weighted by Crippen LogP contribution is 2.54. The molecule has 4 rings (SSSR count). The molecule has 1 N–H and O–H groups in total. The Bertz CT molecular complexity index is 888. The number of anilines is 1. The number of rotatable bonds is 7. The lowest BCUT2D eigenvalue weighted by Gasteiger charge is -2.21. The van der Waals surface area contributed by atoms with Gasteiger partial charge in [-0.1, -0.05) is 12.1 Å². The van der Waals surface area contributed by atoms with Crippen molar-refractivity contribution in [1.82, 2.24) is 10.3 Å². The minimum absolute atomic E-state index is 0.0899. The topological polar surface area (TPSA) is 88.4 Å². The van der Waals surface area contributed by atoms with Crippen LogP contribution in [0.5, 0.6) is 0 Å². The molecule has 7 nitrogen and oxygen atoms in total. The molecule has 144 valence electrons. The first-order chi connectivity index (χ1) is 13.6. The van der Waals surface area contributed by atoms with Gasteiger partial charge in [0.25, 0.3) is 5.69 Å². The molecule has 28 heavy (non-hydrogen) atoms. The summed E-state index contributed by atoms with van der Waals surface area (Å²) < 4.78 is 0. The molecule has 1 saturated carbocycles. The summed E-state index contributed by atoms with van der Waals surface area (Å²) in [5.74, 6) is 1.80. The molecule has 2 atom stereocenters. The Kier molecular flexibility index (Phi) is 5.06. The molecule has 7 heteroatoms. The molecule has 1 aromatic heterocycles. The highest BCUT2D eigenvalue weighted by atomic mass is 16.6. The van der Waals surface area contributed by atoms with Crippen LogP contribution in [0.25, 0.3) is 6.08 Å². The van der Waals surface area contributed by atoms with Crippen LogP contribution in [0.1, 0.15) is 12.0 Å². The number of piperidine rings is 1. The number of aromatic nitrogens is 1. The molecule has 2 aromatic rings. The molecule has 1 aliphatic carbocycles. The van der Waals surface area contributed by atoms with Crippen LogP contribution in [0.4, 0.5) is 11.4 Å². The molecule has 2 heterocycles. The van der Waals surface area contributed by atoms with Gasteiger partial charge in [0.05, 0.1) is 4.92 Å². The van der Waals surface area contributed by atoms with E-state index in [1.807, 2.05) is 18.2 Å². The summed E-state index contributed by atoms with van der Waals surface area (Å²) in [5.41, 5.74) is 1.96. The third kappa shape index (κ3) is 4.03. The van der Waals surface area contributed by atoms with Gasteiger partial charge in [0.2, 0.25) is 5.91 Å². The second-order valence-corrected chi connectivity index (χ2v) is 7.37. The number of fused-ring (bicyclic) bond motifs is 1. The van der Waals surface area contributed by atoms with Gasteiger partial charge in [-0.3, -0.25) is 19.9 Å². The van der Waals surface area contributed by atoms with Crippen LogP contribution in [0.15, 0.2) is 54.9 Å². The van der Waals surface area contributed by atoms with Gasteiger partial charge in [-0.15, -0.1) is 0 Å². The Morgan fingerprint density at radius 2 is 2.11 bits per heavy atom. The lowest BCUT2D eigenvalue weighted by atomic mass is 10.1. The van der Waals surface area contributed by atoms with E-state index in [2.05, 4.69) is 15.2 Å². The quantitative estimate of drug-likeness (QED) is 0.455. The van der Waals surface area contributed by atoms with E-state index in [-0.39, 0.29) is 16.5 Å². The summed E-state index contributed by atoms with van der Waals surface area (Å²) in [6.45, 7) is 2.54. The number of benzene rings is 1. The molecule has 2 fully saturated rings. The minimum Gasteiger partial charge on any atom is -0.371 e. The third-order valence-corrected chi connectivity index (χ3v) is 5.67. The van der Waals surface area contributed by atoms with Crippen molar-refractivity contribution in [3.05, 3.63) is 70.5 Å². The Morgan fingerprint density at radius 3 is 2.82 bits per heavy atom. The fraction of sp³-hybridized carbons (Fsp3) is 0.333. The number of nitro benzene ring substituents is 1. The van der Waals surface area contributed by atoms with E-state index >= 15 is 0 Å². The maximum Gasteiger partial charge on any atom is 0.271 e. The van der Waals surface area contributed by atoms with Crippen molar-refractivity contribution in [3.63, 3.8) is 0 Å². The van der Waals surface area contributed by atoms with E-state index in [9.17, 15) is 14.9 Å². The predicted octanol–water partition coefficient (Wildman–Crippen LogP) is 2.89. The standard InChI is InChI=1S/C21H22N4O3/c26-21(7-6-15-3-2-9-22-12-15)23-10-8-18-19-13-24(14-20(18)19)16-4-1-5-17(11-16)25(27)28/h1-7,9,11-12,18-20H,8,10,13-14H2,(H,23,26)/b7-6+. The summed E-state index contributed by atoms with van der Waals surface area (Å²) in [6, 6.07) is 10.6. The second-order valence-electron chi connectivity index (χ2n) is 7.37. The number of nitrogens with one attached hydrogen (secondary N) is 1. The van der Waals surface area contributed by atoms with E-state index in [1.165, 1.54) is 12.1 Å². The van der Waals surface area contributed by atoms with Crippen molar-refractivity contribution in [2.24, 2.45) is 17.8 Å². The van der Waals surface area contributed by atoms with Crippen molar-refractivity contribution in [2.45, 2.75) is 6.42 Å². The zero-order valence-electron chi connectivity index (χ0n) is 15.4. The van der Waals surface area contributed by atoms with Crippen LogP contribution in [-0.4, -0.2) is 35.4 Å². The van der Waals surface area contributed by atoms with E-state index < -0.39 is 0 Å². The number of carbonyl (C=O) groups is 1. The van der Waals surface area contributed by atoms with E-state index in [4.69, 9.17) is 0 Å². The Morgan fingerprint density at radius 1 is 1.29 bits per heavy atom. The number of non-ortho nitro benzene ring substituents is 1. The third-order valence-electron chi connectivity index (χ3n) is 5.67. The van der Waals surface area contributed by atoms with Gasteiger partial charge in [-0.25, -0.2) is 0 Å². The highest BCUT2D eigenvalue weighted by Gasteiger charge is 2.54. The zero-order chi connectivity index (χ0) is 19.5. The second kappa shape index (κ2) is 7.80. The number of nitro groups is 1. The highest BCUT2D eigenvalue weighted by molar-refractivity contribution is 5.91. The number of hydrogen-bond acceptors (Lipinski definition) is 5. The summed E-state index contributed by atoms with van der Waals surface area (Å²) in [6.07, 6.45) is 7.68. The normalized spacial score (nSPS) is 22.9. The summed E-state index contributed by atoms with van der Waals surface area (Å²) in [7, 11) is 0. The average Bonchev–Trinajstić information content (AvgIpc) is 3.16. The fourth-order valence-corrected chi connectivity index (χ4v) is 4.16. The van der Waals surface area contributed by atoms with E-state index in [1.54, 1.807) is 30.6 Å². The van der Waals surface area contributed by atoms with Crippen molar-refractivity contribution in [1.29, 1.82) is 0 Å². The molecular formula is C21H22N4O3. The lowest BCUT2D eigenvalue weighted by molar-refractivity contribution is -0.384. The van der Waals surface area contributed by atoms with Crippen molar-refractivity contribution >= 4 is 23.4 Å². The number of carbonyl (C=O) groups excluding carboxylic acids is 1. The summed E-state index contributed by atoms with van der Waals surface area (Å²) >= 11 is 0. The van der Waals surface area contributed by atoms with Crippen LogP contribution in [-0.2, 0) is 4.79 Å². The van der Waals surface area contributed by atoms with Crippen LogP contribution in [0, 0.1) is 27.9 Å². The SMILES string of the molecule is O=C(/C=C/c1cccnc1)NCCC1C2CN(c3cccc([N+](=O)[O-])c3)CC12. The van der Waals surface area contributed by atoms with Crippen molar-refractivity contribution in [2.75, 3.05) is 24.5 Å². The van der Waals surface area contributed by atoms with Gasteiger partial charge in [0.15, 0.2) is 0 Å². The minimum atomic E-state index is -0.353. The van der Waals surface area contributed by atoms with Gasteiger partial charge >= 0.3 is 0 Å². The van der Waals surface area contributed by atoms with E-state index in [0.29, 0.717) is 24.3 Å². The van der Waals surface area contributed by atoms with Crippen LogP contribution in [0.3, 0.4) is 0 Å². The number of pyridine rings is 1. The average molecular weight is 378 g/mol. The number of hydrogen-bond donors (Lipinski definition) is 1. The number of nitrogens with zero attached hydrogens (tertiary/aromatic N) is 3. The molecule has 0 spiro atoms. The maximum atomic E-state index is 11.9. The van der Waals surface area contributed by atoms with Gasteiger partial charge in [-0.05, 0) is 47.9 Å². The van der Waals surface area contributed by atoms with Crippen LogP contribution >= 0.6 is 0 Å². The molecule has 2 aliphatic rings. The largest absolute Gasteiger partial charge is 0.371 e. The van der Waals surface area contributed by atoms with Crippen LogP contribution in [0.2, 0.25) is 0 Å². The first-order valence-corrected chi connectivity index (χ1v) is 9.47. The summed E-state index contributed by atoms with van der Waals surface area (Å²) in [4.78, 5) is 28.7. The zero-order valence-corrected chi connectivity index (χ0v) is 15.4. The first kappa shape index (κ1) is 18.2. The van der Waals surface area contributed by atoms with E-state index in [0.717, 1.165) is 30.8 Å². The summed E-state index contributed by atoms with van der Waals surface area (Å²) in [5, 5.41) is 13.9. The maximum absolute atomic E-state index is 11.9. The molecule has 1 amide bonds.